The predicted molar refractivity (Wildman–Crippen MR) is 202 cm³/mol. The Morgan fingerprint density at radius 3 is 0.558 bits per heavy atom. The first-order valence-electron chi connectivity index (χ1n) is 20.0. The third kappa shape index (κ3) is 68.9. The molecule has 0 heterocycles. The Balaban J connectivity index is -0.000000329. The molecule has 0 aliphatic rings. The Labute approximate surface area is 354 Å². The van der Waals surface area contributed by atoms with Crippen LogP contribution in [-0.2, 0) is 43.7 Å². The maximum absolute atomic E-state index is 10.1. The molecule has 0 saturated carbocycles. The zero-order valence-corrected chi connectivity index (χ0v) is 39.2. The van der Waals surface area contributed by atoms with Crippen molar-refractivity contribution in [1.29, 1.82) is 0 Å². The van der Waals surface area contributed by atoms with Crippen molar-refractivity contribution in [2.75, 3.05) is 19.8 Å². The van der Waals surface area contributed by atoms with Crippen LogP contribution in [0.5, 0.6) is 0 Å². The van der Waals surface area contributed by atoms with Crippen LogP contribution in [0, 0.1) is 41.3 Å². The van der Waals surface area contributed by atoms with Gasteiger partial charge in [-0.1, -0.05) is 194 Å². The summed E-state index contributed by atoms with van der Waals surface area (Å²) in [7, 11) is -13.5. The average Bonchev–Trinajstić information content (AvgIpc) is 3.04. The number of rotatable bonds is 36. The van der Waals surface area contributed by atoms with Gasteiger partial charge < -0.3 is 13.7 Å². The normalized spacial score (nSPS) is 11.7. The fourth-order valence-corrected chi connectivity index (χ4v) is 6.22. The summed E-state index contributed by atoms with van der Waals surface area (Å²) < 4.78 is 103. The van der Waals surface area contributed by atoms with Crippen LogP contribution in [0.4, 0.5) is 0 Å². The SMILES string of the molecule is CCCCCCCCCCCCOS(=O)(=O)[O-].CCCCCCCCCCCCOS(=O)(=O)[O-].CCCCCCCCCCCCOS(=O)(=O)[O-].[Pr+3]. The molecule has 52 heavy (non-hydrogen) atoms. The maximum atomic E-state index is 10.1. The van der Waals surface area contributed by atoms with Gasteiger partial charge in [0, 0.05) is 0 Å². The molecule has 0 aliphatic carbocycles. The van der Waals surface area contributed by atoms with E-state index in [2.05, 4.69) is 33.3 Å². The molecule has 312 valence electrons. The van der Waals surface area contributed by atoms with Crippen molar-refractivity contribution in [1.82, 2.24) is 0 Å². The van der Waals surface area contributed by atoms with E-state index in [1.54, 1.807) is 0 Å². The van der Waals surface area contributed by atoms with E-state index in [0.29, 0.717) is 19.3 Å². The summed E-state index contributed by atoms with van der Waals surface area (Å²) in [5, 5.41) is 0. The van der Waals surface area contributed by atoms with Gasteiger partial charge in [0.2, 0.25) is 31.2 Å². The summed E-state index contributed by atoms with van der Waals surface area (Å²) in [5.74, 6) is 0. The molecule has 0 saturated heterocycles. The molecule has 0 N–H and O–H groups in total. The fraction of sp³-hybridized carbons (Fsp3) is 1.00. The molecule has 0 radical (unpaired) electrons. The number of hydrogen-bond donors (Lipinski definition) is 0. The number of unbranched alkanes of at least 4 members (excludes halogenated alkanes) is 27. The maximum Gasteiger partial charge on any atom is 3.00 e. The van der Waals surface area contributed by atoms with Gasteiger partial charge in [0.15, 0.2) is 0 Å². The van der Waals surface area contributed by atoms with Gasteiger partial charge in [0.25, 0.3) is 0 Å². The van der Waals surface area contributed by atoms with E-state index in [0.717, 1.165) is 38.5 Å². The molecule has 0 aliphatic heterocycles. The summed E-state index contributed by atoms with van der Waals surface area (Å²) >= 11 is 0. The van der Waals surface area contributed by atoms with E-state index in [-0.39, 0.29) is 61.1 Å². The average molecular weight is 937 g/mol. The van der Waals surface area contributed by atoms with Crippen molar-refractivity contribution in [3.8, 4) is 0 Å². The van der Waals surface area contributed by atoms with Crippen molar-refractivity contribution in [3.63, 3.8) is 0 Å². The molecule has 0 rings (SSSR count). The minimum Gasteiger partial charge on any atom is -0.726 e. The van der Waals surface area contributed by atoms with Crippen LogP contribution in [0.2, 0.25) is 0 Å². The summed E-state index contributed by atoms with van der Waals surface area (Å²) in [6.07, 6.45) is 35.1. The Kier molecular flexibility index (Phi) is 51.3. The van der Waals surface area contributed by atoms with Gasteiger partial charge in [-0.05, 0) is 19.3 Å². The van der Waals surface area contributed by atoms with Gasteiger partial charge in [-0.2, -0.15) is 0 Å². The zero-order valence-electron chi connectivity index (χ0n) is 33.0. The Hall–Kier alpha value is 0.974. The number of hydrogen-bond acceptors (Lipinski definition) is 12. The molecular weight excluding hydrogens is 861 g/mol. The van der Waals surface area contributed by atoms with E-state index in [9.17, 15) is 38.9 Å². The molecule has 0 aromatic rings. The van der Waals surface area contributed by atoms with Crippen LogP contribution in [0.15, 0.2) is 0 Å². The second-order valence-corrected chi connectivity index (χ2v) is 16.4. The molecule has 0 fully saturated rings. The van der Waals surface area contributed by atoms with Gasteiger partial charge in [0.1, 0.15) is 0 Å². The molecule has 0 spiro atoms. The van der Waals surface area contributed by atoms with Crippen LogP contribution in [-0.4, -0.2) is 58.7 Å². The predicted octanol–water partition coefficient (Wildman–Crippen LogP) is 10.2. The van der Waals surface area contributed by atoms with Crippen LogP contribution in [0.3, 0.4) is 0 Å². The van der Waals surface area contributed by atoms with E-state index in [1.165, 1.54) is 135 Å². The van der Waals surface area contributed by atoms with Gasteiger partial charge in [0.05, 0.1) is 19.8 Å². The molecule has 0 unspecified atom stereocenters. The van der Waals surface area contributed by atoms with Crippen molar-refractivity contribution in [2.24, 2.45) is 0 Å². The summed E-state index contributed by atoms with van der Waals surface area (Å²) in [6, 6.07) is 0. The standard InChI is InChI=1S/3C12H26O4S.Pr/c3*1-2-3-4-5-6-7-8-9-10-11-12-16-17(13,14)15;/h3*2-12H2,1H3,(H,13,14,15);/q;;;+3/p-3. The molecule has 0 atom stereocenters. The first-order chi connectivity index (χ1) is 24.2. The Morgan fingerprint density at radius 1 is 0.288 bits per heavy atom. The smallest absolute Gasteiger partial charge is 0.726 e. The van der Waals surface area contributed by atoms with E-state index < -0.39 is 31.2 Å². The minimum absolute atomic E-state index is 0. The topological polar surface area (TPSA) is 199 Å². The minimum atomic E-state index is -4.48. The van der Waals surface area contributed by atoms with Crippen molar-refractivity contribution < 1.29 is 92.8 Å². The van der Waals surface area contributed by atoms with Crippen LogP contribution in [0.25, 0.3) is 0 Å². The fourth-order valence-electron chi connectivity index (χ4n) is 5.25. The van der Waals surface area contributed by atoms with Crippen molar-refractivity contribution >= 4 is 31.2 Å². The van der Waals surface area contributed by atoms with Gasteiger partial charge in [-0.25, -0.2) is 25.3 Å². The van der Waals surface area contributed by atoms with Gasteiger partial charge in [-0.15, -0.1) is 0 Å². The monoisotopic (exact) mass is 936 g/mol. The molecule has 12 nitrogen and oxygen atoms in total. The Bertz CT molecular complexity index is 883. The molecule has 0 bridgehead atoms. The zero-order chi connectivity index (χ0) is 39.0. The largest absolute Gasteiger partial charge is 3.00 e. The van der Waals surface area contributed by atoms with Gasteiger partial charge >= 0.3 is 41.3 Å². The summed E-state index contributed by atoms with van der Waals surface area (Å²) in [4.78, 5) is 0. The first kappa shape index (κ1) is 59.7. The Morgan fingerprint density at radius 2 is 0.423 bits per heavy atom. The third-order valence-corrected chi connectivity index (χ3v) is 9.54. The molecule has 16 heteroatoms. The van der Waals surface area contributed by atoms with Crippen LogP contribution >= 0.6 is 0 Å². The van der Waals surface area contributed by atoms with Crippen molar-refractivity contribution in [2.45, 2.75) is 213 Å². The molecule has 0 aromatic carbocycles. The second kappa shape index (κ2) is 44.7. The summed E-state index contributed by atoms with van der Waals surface area (Å²) in [6.45, 7) is 6.73. The van der Waals surface area contributed by atoms with E-state index >= 15 is 0 Å². The molecule has 0 amide bonds. The molecular formula is C36H75O12PrS3. The summed E-state index contributed by atoms with van der Waals surface area (Å²) in [5.41, 5.74) is 0. The third-order valence-electron chi connectivity index (χ3n) is 8.18. The van der Waals surface area contributed by atoms with Gasteiger partial charge in [-0.3, -0.25) is 12.5 Å². The first-order valence-corrected chi connectivity index (χ1v) is 24.0. The van der Waals surface area contributed by atoms with E-state index in [1.807, 2.05) is 0 Å². The van der Waals surface area contributed by atoms with Crippen LogP contribution in [0.1, 0.15) is 213 Å². The van der Waals surface area contributed by atoms with E-state index in [4.69, 9.17) is 0 Å². The second-order valence-electron chi connectivity index (χ2n) is 13.2. The van der Waals surface area contributed by atoms with Crippen LogP contribution < -0.4 is 0 Å². The quantitative estimate of drug-likeness (QED) is 0.0328. The molecule has 0 aromatic heterocycles. The van der Waals surface area contributed by atoms with Crippen molar-refractivity contribution in [3.05, 3.63) is 0 Å².